The van der Waals surface area contributed by atoms with E-state index in [1.807, 2.05) is 18.4 Å². The Morgan fingerprint density at radius 2 is 2.21 bits per heavy atom. The lowest BCUT2D eigenvalue weighted by Crippen LogP contribution is -2.10. The van der Waals surface area contributed by atoms with Crippen molar-refractivity contribution < 1.29 is 9.53 Å². The average molecular weight is 271 g/mol. The summed E-state index contributed by atoms with van der Waals surface area (Å²) in [5.41, 5.74) is 2.23. The number of benzene rings is 1. The Labute approximate surface area is 116 Å². The minimum Gasteiger partial charge on any atom is -0.496 e. The highest BCUT2D eigenvalue weighted by Gasteiger charge is 2.22. The van der Waals surface area contributed by atoms with Crippen LogP contribution in [0.3, 0.4) is 0 Å². The van der Waals surface area contributed by atoms with Gasteiger partial charge < -0.3 is 4.74 Å². The molecule has 1 aromatic carbocycles. The second-order valence-electron chi connectivity index (χ2n) is 4.17. The van der Waals surface area contributed by atoms with E-state index in [1.54, 1.807) is 30.7 Å². The van der Waals surface area contributed by atoms with Gasteiger partial charge in [0.05, 0.1) is 13.2 Å². The zero-order chi connectivity index (χ0) is 13.8. The van der Waals surface area contributed by atoms with E-state index in [2.05, 4.69) is 6.07 Å². The molecule has 0 aliphatic rings. The van der Waals surface area contributed by atoms with Crippen molar-refractivity contribution in [2.45, 2.75) is 12.8 Å². The van der Waals surface area contributed by atoms with Crippen LogP contribution in [0, 0.1) is 18.3 Å². The second kappa shape index (κ2) is 5.68. The van der Waals surface area contributed by atoms with Crippen LogP contribution in [0.5, 0.6) is 5.75 Å². The third-order valence-corrected chi connectivity index (χ3v) is 3.65. The molecule has 2 aromatic rings. The van der Waals surface area contributed by atoms with Gasteiger partial charge in [-0.2, -0.15) is 16.6 Å². The summed E-state index contributed by atoms with van der Waals surface area (Å²) < 4.78 is 5.23. The number of aryl methyl sites for hydroxylation is 1. The van der Waals surface area contributed by atoms with Gasteiger partial charge >= 0.3 is 0 Å². The number of ether oxygens (including phenoxy) is 1. The molecule has 3 nitrogen and oxygen atoms in total. The SMILES string of the molecule is COc1cc(C(C#N)C(=O)c2ccsc2)ccc1C. The van der Waals surface area contributed by atoms with Gasteiger partial charge in [0, 0.05) is 10.9 Å². The summed E-state index contributed by atoms with van der Waals surface area (Å²) in [5.74, 6) is -0.269. The number of methoxy groups -OCH3 is 1. The Morgan fingerprint density at radius 1 is 1.42 bits per heavy atom. The van der Waals surface area contributed by atoms with Crippen molar-refractivity contribution in [1.82, 2.24) is 0 Å². The Balaban J connectivity index is 2.38. The maximum atomic E-state index is 12.3. The number of Topliss-reactive ketones (excluding diaryl/α,β-unsaturated/α-hetero) is 1. The summed E-state index contributed by atoms with van der Waals surface area (Å²) >= 11 is 1.45. The summed E-state index contributed by atoms with van der Waals surface area (Å²) in [4.78, 5) is 12.3. The van der Waals surface area contributed by atoms with Gasteiger partial charge in [0.15, 0.2) is 5.78 Å². The third kappa shape index (κ3) is 2.67. The van der Waals surface area contributed by atoms with Gasteiger partial charge in [0.1, 0.15) is 11.7 Å². The van der Waals surface area contributed by atoms with Gasteiger partial charge in [0.25, 0.3) is 0 Å². The molecule has 0 aliphatic carbocycles. The number of nitrogens with zero attached hydrogens (tertiary/aromatic N) is 1. The molecule has 1 heterocycles. The Kier molecular flexibility index (Phi) is 3.98. The summed E-state index contributed by atoms with van der Waals surface area (Å²) in [6, 6.07) is 9.24. The molecular formula is C15H13NO2S. The minimum absolute atomic E-state index is 0.172. The fourth-order valence-corrected chi connectivity index (χ4v) is 2.52. The van der Waals surface area contributed by atoms with Crippen molar-refractivity contribution in [2.75, 3.05) is 7.11 Å². The zero-order valence-corrected chi connectivity index (χ0v) is 11.5. The van der Waals surface area contributed by atoms with Crippen LogP contribution in [-0.4, -0.2) is 12.9 Å². The maximum Gasteiger partial charge on any atom is 0.185 e. The molecule has 0 bridgehead atoms. The van der Waals surface area contributed by atoms with Gasteiger partial charge in [0.2, 0.25) is 0 Å². The van der Waals surface area contributed by atoms with Crippen LogP contribution < -0.4 is 4.74 Å². The molecule has 0 spiro atoms. The molecule has 0 aliphatic heterocycles. The molecule has 19 heavy (non-hydrogen) atoms. The molecule has 1 aromatic heterocycles. The molecule has 4 heteroatoms. The van der Waals surface area contributed by atoms with Gasteiger partial charge in [-0.1, -0.05) is 12.1 Å². The third-order valence-electron chi connectivity index (χ3n) is 2.96. The lowest BCUT2D eigenvalue weighted by Gasteiger charge is -2.11. The summed E-state index contributed by atoms with van der Waals surface area (Å²) in [7, 11) is 1.58. The summed E-state index contributed by atoms with van der Waals surface area (Å²) in [6.45, 7) is 1.92. The first-order chi connectivity index (χ1) is 9.17. The number of hydrogen-bond acceptors (Lipinski definition) is 4. The average Bonchev–Trinajstić information content (AvgIpc) is 2.95. The van der Waals surface area contributed by atoms with Crippen LogP contribution in [0.25, 0.3) is 0 Å². The van der Waals surface area contributed by atoms with E-state index in [-0.39, 0.29) is 5.78 Å². The number of rotatable bonds is 4. The van der Waals surface area contributed by atoms with E-state index in [0.717, 1.165) is 5.56 Å². The van der Waals surface area contributed by atoms with Crippen LogP contribution in [-0.2, 0) is 0 Å². The smallest absolute Gasteiger partial charge is 0.185 e. The van der Waals surface area contributed by atoms with Crippen molar-refractivity contribution in [1.29, 1.82) is 5.26 Å². The fourth-order valence-electron chi connectivity index (χ4n) is 1.87. The van der Waals surface area contributed by atoms with Crippen LogP contribution in [0.4, 0.5) is 0 Å². The normalized spacial score (nSPS) is 11.6. The molecular weight excluding hydrogens is 258 g/mol. The molecule has 0 saturated heterocycles. The van der Waals surface area contributed by atoms with Crippen molar-refractivity contribution in [2.24, 2.45) is 0 Å². The minimum atomic E-state index is -0.788. The first-order valence-electron chi connectivity index (χ1n) is 5.78. The van der Waals surface area contributed by atoms with E-state index in [0.29, 0.717) is 16.9 Å². The Hall–Kier alpha value is -2.12. The molecule has 0 fully saturated rings. The van der Waals surface area contributed by atoms with E-state index in [1.165, 1.54) is 11.3 Å². The fraction of sp³-hybridized carbons (Fsp3) is 0.200. The van der Waals surface area contributed by atoms with Crippen LogP contribution in [0.1, 0.15) is 27.4 Å². The molecule has 2 rings (SSSR count). The standard InChI is InChI=1S/C15H13NO2S/c1-10-3-4-11(7-14(10)18-2)13(8-16)15(17)12-5-6-19-9-12/h3-7,9,13H,1-2H3. The summed E-state index contributed by atoms with van der Waals surface area (Å²) in [6.07, 6.45) is 0. The molecule has 1 atom stereocenters. The first kappa shape index (κ1) is 13.3. The number of carbonyl (C=O) groups excluding carboxylic acids is 1. The number of ketones is 1. The second-order valence-corrected chi connectivity index (χ2v) is 4.95. The quantitative estimate of drug-likeness (QED) is 0.799. The highest BCUT2D eigenvalue weighted by Crippen LogP contribution is 2.27. The van der Waals surface area contributed by atoms with Crippen molar-refractivity contribution in [3.8, 4) is 11.8 Å². The van der Waals surface area contributed by atoms with Crippen LogP contribution in [0.2, 0.25) is 0 Å². The Bertz CT molecular complexity index is 626. The molecule has 0 saturated carbocycles. The molecule has 1 unspecified atom stereocenters. The monoisotopic (exact) mass is 271 g/mol. The number of thiophene rings is 1. The molecule has 0 amide bonds. The number of hydrogen-bond donors (Lipinski definition) is 0. The zero-order valence-electron chi connectivity index (χ0n) is 10.7. The van der Waals surface area contributed by atoms with E-state index < -0.39 is 5.92 Å². The predicted octanol–water partition coefficient (Wildman–Crippen LogP) is 3.56. The van der Waals surface area contributed by atoms with Crippen LogP contribution >= 0.6 is 11.3 Å². The van der Waals surface area contributed by atoms with Gasteiger partial charge in [-0.25, -0.2) is 0 Å². The van der Waals surface area contributed by atoms with Crippen molar-refractivity contribution in [3.63, 3.8) is 0 Å². The maximum absolute atomic E-state index is 12.3. The van der Waals surface area contributed by atoms with Crippen molar-refractivity contribution >= 4 is 17.1 Å². The molecule has 96 valence electrons. The van der Waals surface area contributed by atoms with E-state index >= 15 is 0 Å². The number of carbonyl (C=O) groups is 1. The Morgan fingerprint density at radius 3 is 2.79 bits per heavy atom. The first-order valence-corrected chi connectivity index (χ1v) is 6.72. The molecule has 0 radical (unpaired) electrons. The van der Waals surface area contributed by atoms with E-state index in [4.69, 9.17) is 4.74 Å². The predicted molar refractivity (Wildman–Crippen MR) is 74.7 cm³/mol. The van der Waals surface area contributed by atoms with E-state index in [9.17, 15) is 10.1 Å². The topological polar surface area (TPSA) is 50.1 Å². The van der Waals surface area contributed by atoms with Crippen molar-refractivity contribution in [3.05, 3.63) is 51.7 Å². The number of nitriles is 1. The van der Waals surface area contributed by atoms with Gasteiger partial charge in [-0.15, -0.1) is 0 Å². The van der Waals surface area contributed by atoms with Gasteiger partial charge in [-0.05, 0) is 35.6 Å². The molecule has 0 N–H and O–H groups in total. The highest BCUT2D eigenvalue weighted by molar-refractivity contribution is 7.08. The highest BCUT2D eigenvalue weighted by atomic mass is 32.1. The van der Waals surface area contributed by atoms with Crippen LogP contribution in [0.15, 0.2) is 35.0 Å². The summed E-state index contributed by atoms with van der Waals surface area (Å²) in [5, 5.41) is 12.9. The lowest BCUT2D eigenvalue weighted by molar-refractivity contribution is 0.0979. The largest absolute Gasteiger partial charge is 0.496 e. The van der Waals surface area contributed by atoms with Gasteiger partial charge in [-0.3, -0.25) is 4.79 Å². The lowest BCUT2D eigenvalue weighted by atomic mass is 9.92.